The zero-order chi connectivity index (χ0) is 13.7. The van der Waals surface area contributed by atoms with E-state index in [1.165, 1.54) is 0 Å². The van der Waals surface area contributed by atoms with Crippen molar-refractivity contribution >= 4 is 5.91 Å². The second-order valence-corrected chi connectivity index (χ2v) is 3.95. The van der Waals surface area contributed by atoms with Gasteiger partial charge in [-0.3, -0.25) is 15.0 Å². The van der Waals surface area contributed by atoms with E-state index in [2.05, 4.69) is 4.98 Å². The Morgan fingerprint density at radius 2 is 1.84 bits per heavy atom. The van der Waals surface area contributed by atoms with Crippen molar-refractivity contribution in [3.8, 4) is 5.75 Å². The molecule has 0 unspecified atom stereocenters. The van der Waals surface area contributed by atoms with Crippen molar-refractivity contribution in [3.05, 3.63) is 59.9 Å². The van der Waals surface area contributed by atoms with Crippen LogP contribution in [0.1, 0.15) is 15.9 Å². The maximum Gasteiger partial charge on any atom is 0.277 e. The summed E-state index contributed by atoms with van der Waals surface area (Å²) in [6.07, 6.45) is 3.22. The summed E-state index contributed by atoms with van der Waals surface area (Å²) in [7, 11) is 1.55. The number of aromatic nitrogens is 1. The van der Waals surface area contributed by atoms with Gasteiger partial charge in [-0.1, -0.05) is 0 Å². The topological polar surface area (TPSA) is 62.7 Å². The molecule has 2 aromatic rings. The lowest BCUT2D eigenvalue weighted by Crippen LogP contribution is -2.26. The molecule has 0 atom stereocenters. The van der Waals surface area contributed by atoms with Gasteiger partial charge in [0, 0.05) is 18.0 Å². The Balaban J connectivity index is 2.06. The molecule has 0 spiro atoms. The number of nitrogens with zero attached hydrogens (tertiary/aromatic N) is 2. The summed E-state index contributed by atoms with van der Waals surface area (Å²) < 4.78 is 5.01. The zero-order valence-corrected chi connectivity index (χ0v) is 10.5. The van der Waals surface area contributed by atoms with Gasteiger partial charge in [0.2, 0.25) is 0 Å². The van der Waals surface area contributed by atoms with Crippen molar-refractivity contribution in [3.63, 3.8) is 0 Å². The van der Waals surface area contributed by atoms with Gasteiger partial charge in [-0.15, -0.1) is 0 Å². The van der Waals surface area contributed by atoms with Gasteiger partial charge in [-0.2, -0.15) is 0 Å². The van der Waals surface area contributed by atoms with Gasteiger partial charge >= 0.3 is 0 Å². The number of hydrogen-bond donors (Lipinski definition) is 1. The van der Waals surface area contributed by atoms with Gasteiger partial charge in [0.15, 0.2) is 0 Å². The smallest absolute Gasteiger partial charge is 0.277 e. The number of ether oxygens (including phenoxy) is 1. The van der Waals surface area contributed by atoms with E-state index < -0.39 is 5.91 Å². The van der Waals surface area contributed by atoms with Crippen LogP contribution in [0.5, 0.6) is 5.75 Å². The third kappa shape index (κ3) is 3.29. The standard InChI is InChI=1S/C14H14N2O3/c1-19-13-4-2-12(3-5-13)14(17)16(18)10-11-6-8-15-9-7-11/h2-9,18H,10H2,1H3. The monoisotopic (exact) mass is 258 g/mol. The Morgan fingerprint density at radius 1 is 1.21 bits per heavy atom. The van der Waals surface area contributed by atoms with Gasteiger partial charge in [0.25, 0.3) is 5.91 Å². The maximum atomic E-state index is 12.0. The van der Waals surface area contributed by atoms with Crippen LogP contribution in [0.2, 0.25) is 0 Å². The van der Waals surface area contributed by atoms with Gasteiger partial charge in [-0.25, -0.2) is 5.06 Å². The lowest BCUT2D eigenvalue weighted by Gasteiger charge is -2.15. The molecule has 0 saturated heterocycles. The normalized spacial score (nSPS) is 10.0. The van der Waals surface area contributed by atoms with E-state index in [4.69, 9.17) is 4.74 Å². The summed E-state index contributed by atoms with van der Waals surface area (Å²) >= 11 is 0. The average Bonchev–Trinajstić information content (AvgIpc) is 2.47. The summed E-state index contributed by atoms with van der Waals surface area (Å²) in [5.74, 6) is 0.203. The molecule has 1 amide bonds. The number of benzene rings is 1. The third-order valence-electron chi connectivity index (χ3n) is 2.65. The number of pyridine rings is 1. The number of amides is 1. The number of hydrogen-bond acceptors (Lipinski definition) is 4. The van der Waals surface area contributed by atoms with Crippen molar-refractivity contribution < 1.29 is 14.7 Å². The molecule has 1 aromatic heterocycles. The first kappa shape index (κ1) is 13.0. The van der Waals surface area contributed by atoms with Crippen LogP contribution in [0.15, 0.2) is 48.8 Å². The molecular weight excluding hydrogens is 244 g/mol. The molecule has 98 valence electrons. The first-order valence-corrected chi connectivity index (χ1v) is 5.74. The minimum atomic E-state index is -0.459. The van der Waals surface area contributed by atoms with E-state index in [1.807, 2.05) is 0 Å². The van der Waals surface area contributed by atoms with E-state index in [0.29, 0.717) is 16.4 Å². The van der Waals surface area contributed by atoms with Gasteiger partial charge in [0.05, 0.1) is 13.7 Å². The van der Waals surface area contributed by atoms with Crippen LogP contribution >= 0.6 is 0 Å². The number of carbonyl (C=O) groups is 1. The minimum absolute atomic E-state index is 0.118. The molecule has 0 aliphatic heterocycles. The van der Waals surface area contributed by atoms with Crippen LogP contribution in [-0.4, -0.2) is 28.3 Å². The highest BCUT2D eigenvalue weighted by molar-refractivity contribution is 5.93. The Kier molecular flexibility index (Phi) is 4.10. The van der Waals surface area contributed by atoms with Crippen molar-refractivity contribution in [2.45, 2.75) is 6.54 Å². The van der Waals surface area contributed by atoms with Crippen LogP contribution in [0.3, 0.4) is 0 Å². The molecule has 0 saturated carbocycles. The number of rotatable bonds is 4. The molecule has 2 rings (SSSR count). The number of hydroxylamine groups is 2. The van der Waals surface area contributed by atoms with Crippen molar-refractivity contribution in [2.24, 2.45) is 0 Å². The van der Waals surface area contributed by atoms with Crippen LogP contribution in [0.25, 0.3) is 0 Å². The lowest BCUT2D eigenvalue weighted by molar-refractivity contribution is -0.0648. The first-order chi connectivity index (χ1) is 9.20. The molecule has 1 N–H and O–H groups in total. The fraction of sp³-hybridized carbons (Fsp3) is 0.143. The summed E-state index contributed by atoms with van der Waals surface area (Å²) in [5.41, 5.74) is 1.21. The van der Waals surface area contributed by atoms with Crippen LogP contribution < -0.4 is 4.74 Å². The van der Waals surface area contributed by atoms with Gasteiger partial charge < -0.3 is 4.74 Å². The first-order valence-electron chi connectivity index (χ1n) is 5.74. The Morgan fingerprint density at radius 3 is 2.42 bits per heavy atom. The summed E-state index contributed by atoms with van der Waals surface area (Å²) in [6.45, 7) is 0.118. The predicted octanol–water partition coefficient (Wildman–Crippen LogP) is 2.12. The molecule has 0 aliphatic carbocycles. The SMILES string of the molecule is COc1ccc(C(=O)N(O)Cc2ccncc2)cc1. The molecule has 0 aliphatic rings. The van der Waals surface area contributed by atoms with E-state index >= 15 is 0 Å². The zero-order valence-electron chi connectivity index (χ0n) is 10.5. The van der Waals surface area contributed by atoms with E-state index in [0.717, 1.165) is 5.56 Å². The van der Waals surface area contributed by atoms with E-state index in [-0.39, 0.29) is 6.54 Å². The van der Waals surface area contributed by atoms with Crippen LogP contribution in [0.4, 0.5) is 0 Å². The largest absolute Gasteiger partial charge is 0.497 e. The van der Waals surface area contributed by atoms with Crippen LogP contribution in [0, 0.1) is 0 Å². The van der Waals surface area contributed by atoms with Crippen molar-refractivity contribution in [2.75, 3.05) is 7.11 Å². The fourth-order valence-corrected chi connectivity index (χ4v) is 1.62. The molecule has 5 nitrogen and oxygen atoms in total. The minimum Gasteiger partial charge on any atom is -0.497 e. The molecule has 19 heavy (non-hydrogen) atoms. The average molecular weight is 258 g/mol. The molecule has 0 bridgehead atoms. The molecular formula is C14H14N2O3. The van der Waals surface area contributed by atoms with Gasteiger partial charge in [-0.05, 0) is 42.0 Å². The highest BCUT2D eigenvalue weighted by Gasteiger charge is 2.13. The quantitative estimate of drug-likeness (QED) is 0.674. The summed E-state index contributed by atoms with van der Waals surface area (Å²) in [5, 5.41) is 10.5. The second-order valence-electron chi connectivity index (χ2n) is 3.95. The highest BCUT2D eigenvalue weighted by Crippen LogP contribution is 2.13. The number of methoxy groups -OCH3 is 1. The Hall–Kier alpha value is -2.40. The van der Waals surface area contributed by atoms with E-state index in [1.54, 1.807) is 55.9 Å². The van der Waals surface area contributed by atoms with Crippen LogP contribution in [-0.2, 0) is 6.54 Å². The Labute approximate surface area is 111 Å². The van der Waals surface area contributed by atoms with Crippen molar-refractivity contribution in [1.29, 1.82) is 0 Å². The molecule has 0 radical (unpaired) electrons. The third-order valence-corrected chi connectivity index (χ3v) is 2.65. The second kappa shape index (κ2) is 5.97. The van der Waals surface area contributed by atoms with Gasteiger partial charge in [0.1, 0.15) is 5.75 Å². The molecule has 1 heterocycles. The van der Waals surface area contributed by atoms with Crippen molar-refractivity contribution in [1.82, 2.24) is 10.0 Å². The number of carbonyl (C=O) groups excluding carboxylic acids is 1. The maximum absolute atomic E-state index is 12.0. The fourth-order valence-electron chi connectivity index (χ4n) is 1.62. The Bertz CT molecular complexity index is 540. The highest BCUT2D eigenvalue weighted by atomic mass is 16.5. The summed E-state index contributed by atoms with van der Waals surface area (Å²) in [4.78, 5) is 15.8. The summed E-state index contributed by atoms with van der Waals surface area (Å²) in [6, 6.07) is 10.0. The molecule has 1 aromatic carbocycles. The van der Waals surface area contributed by atoms with E-state index in [9.17, 15) is 10.0 Å². The lowest BCUT2D eigenvalue weighted by atomic mass is 10.2. The predicted molar refractivity (Wildman–Crippen MR) is 68.9 cm³/mol. The molecule has 5 heteroatoms. The molecule has 0 fully saturated rings.